The molecular weight excluding hydrogens is 673 g/mol. The lowest BCUT2D eigenvalue weighted by molar-refractivity contribution is -0.141. The lowest BCUT2D eigenvalue weighted by Gasteiger charge is -2.30. The van der Waals surface area contributed by atoms with Gasteiger partial charge in [0.05, 0.1) is 11.8 Å². The molecule has 2 aliphatic heterocycles. The van der Waals surface area contributed by atoms with E-state index in [1.165, 1.54) is 9.80 Å². The van der Waals surface area contributed by atoms with Gasteiger partial charge in [-0.15, -0.1) is 0 Å². The number of fused-ring (bicyclic) bond motifs is 5. The summed E-state index contributed by atoms with van der Waals surface area (Å²) in [5, 5.41) is 9.70. The molecule has 3 fully saturated rings. The summed E-state index contributed by atoms with van der Waals surface area (Å²) in [6.07, 6.45) is 7.82. The van der Waals surface area contributed by atoms with Crippen molar-refractivity contribution in [3.05, 3.63) is 71.8 Å². The number of allylic oxidation sites excluding steroid dienone is 1. The molecule has 1 saturated heterocycles. The molecule has 2 unspecified atom stereocenters. The second-order valence-corrected chi connectivity index (χ2v) is 16.4. The lowest BCUT2D eigenvalue weighted by atomic mass is 10.0. The third-order valence-electron chi connectivity index (χ3n) is 10.5. The fourth-order valence-electron chi connectivity index (χ4n) is 7.34. The highest BCUT2D eigenvalue weighted by Crippen LogP contribution is 2.46. The van der Waals surface area contributed by atoms with E-state index in [1.54, 1.807) is 14.1 Å². The highest BCUT2D eigenvalue weighted by Gasteiger charge is 2.62. The summed E-state index contributed by atoms with van der Waals surface area (Å²) >= 11 is 0. The zero-order chi connectivity index (χ0) is 35.9. The van der Waals surface area contributed by atoms with Crippen LogP contribution in [0.4, 0.5) is 4.79 Å². The van der Waals surface area contributed by atoms with Crippen LogP contribution < -0.4 is 15.4 Å². The van der Waals surface area contributed by atoms with Gasteiger partial charge in [0.1, 0.15) is 29.4 Å². The van der Waals surface area contributed by atoms with E-state index in [-0.39, 0.29) is 19.4 Å². The Morgan fingerprint density at radius 3 is 2.27 bits per heavy atom. The minimum Gasteiger partial charge on any atom is -0.390 e. The molecule has 7 rings (SSSR count). The first kappa shape index (κ1) is 34.7. The topological polar surface area (TPSA) is 167 Å². The van der Waals surface area contributed by atoms with Crippen LogP contribution in [0.3, 0.4) is 0 Å². The van der Waals surface area contributed by atoms with Crippen molar-refractivity contribution in [3.63, 3.8) is 0 Å². The first-order chi connectivity index (χ1) is 24.5. The van der Waals surface area contributed by atoms with E-state index in [9.17, 15) is 27.6 Å². The Morgan fingerprint density at radius 2 is 1.63 bits per heavy atom. The molecular formula is C37H44N6O7S. The maximum atomic E-state index is 14.3. The van der Waals surface area contributed by atoms with E-state index in [0.717, 1.165) is 41.5 Å². The first-order valence-electron chi connectivity index (χ1n) is 17.7. The van der Waals surface area contributed by atoms with Gasteiger partial charge in [-0.3, -0.25) is 19.1 Å². The largest absolute Gasteiger partial charge is 0.390 e. The van der Waals surface area contributed by atoms with Crippen LogP contribution >= 0.6 is 0 Å². The van der Waals surface area contributed by atoms with Gasteiger partial charge >= 0.3 is 6.03 Å². The predicted octanol–water partition coefficient (Wildman–Crippen LogP) is 3.05. The number of hydrogen-bond donors (Lipinski definition) is 3. The van der Waals surface area contributed by atoms with Gasteiger partial charge in [-0.05, 0) is 49.7 Å². The zero-order valence-electron chi connectivity index (χ0n) is 28.8. The summed E-state index contributed by atoms with van der Waals surface area (Å²) in [5.74, 6) is -2.21. The number of amides is 5. The van der Waals surface area contributed by atoms with Crippen molar-refractivity contribution in [2.75, 3.05) is 20.6 Å². The van der Waals surface area contributed by atoms with E-state index in [4.69, 9.17) is 4.84 Å². The monoisotopic (exact) mass is 716 g/mol. The second kappa shape index (κ2) is 13.8. The average Bonchev–Trinajstić information content (AvgIpc) is 4.02. The van der Waals surface area contributed by atoms with E-state index < -0.39 is 68.7 Å². The van der Waals surface area contributed by atoms with Crippen molar-refractivity contribution < 1.29 is 32.4 Å². The quantitative estimate of drug-likeness (QED) is 0.261. The lowest BCUT2D eigenvalue weighted by Crippen LogP contribution is -2.58. The van der Waals surface area contributed by atoms with Gasteiger partial charge in [-0.1, -0.05) is 78.7 Å². The Labute approximate surface area is 297 Å². The molecule has 5 amide bonds. The van der Waals surface area contributed by atoms with Crippen molar-refractivity contribution in [2.45, 2.75) is 86.8 Å². The number of nitrogens with zero attached hydrogens (tertiary/aromatic N) is 3. The molecule has 2 aromatic rings. The number of carbonyl (C=O) groups is 4. The van der Waals surface area contributed by atoms with Crippen LogP contribution in [-0.4, -0.2) is 97.3 Å². The standard InChI is InChI=1S/C37H44N6O7S/c1-42(2)36(47)38-30-17-7-5-3-4-6-12-23-21-37(23,35(46)41-51(48,49)25-18-19-25)39-33(44)31-20-24(22-43(31)34(30)45)50-40-32-28-15-10-8-13-26(28)27-14-9-11-16-29(27)32/h6,8-16,23-25,30-31H,3-5,7,17-22H2,1-2H3,(H,38,47)(H,39,44)(H,41,46)/b12-6-/t23?,24-,30+,31+,37?/m1/s1. The molecule has 2 saturated carbocycles. The molecule has 270 valence electrons. The van der Waals surface area contributed by atoms with Crippen LogP contribution in [0.15, 0.2) is 65.8 Å². The zero-order valence-corrected chi connectivity index (χ0v) is 29.7. The predicted molar refractivity (Wildman–Crippen MR) is 190 cm³/mol. The van der Waals surface area contributed by atoms with Gasteiger partial charge in [0.15, 0.2) is 0 Å². The highest BCUT2D eigenvalue weighted by molar-refractivity contribution is 7.91. The smallest absolute Gasteiger partial charge is 0.317 e. The number of rotatable bonds is 6. The Kier molecular flexibility index (Phi) is 9.38. The Hall–Kier alpha value is -4.72. The van der Waals surface area contributed by atoms with Gasteiger partial charge in [0.2, 0.25) is 21.8 Å². The molecule has 13 nitrogen and oxygen atoms in total. The fraction of sp³-hybridized carbons (Fsp3) is 0.486. The summed E-state index contributed by atoms with van der Waals surface area (Å²) in [6.45, 7) is 0.0178. The molecule has 0 aromatic heterocycles. The summed E-state index contributed by atoms with van der Waals surface area (Å²) in [7, 11) is -0.687. The Balaban J connectivity index is 1.19. The number of urea groups is 1. The summed E-state index contributed by atoms with van der Waals surface area (Å²) in [6, 6.07) is 13.4. The van der Waals surface area contributed by atoms with Crippen molar-refractivity contribution >= 4 is 39.5 Å². The SMILES string of the molecule is CN(C)C(=O)N[C@H]1CCCCC/C=C\C2CC2(C(=O)NS(=O)(=O)C2CC2)NC(=O)[C@@H]2C[C@@H](ON=C3c4ccccc4-c4ccccc43)CN2C1=O. The number of carbonyl (C=O) groups excluding carboxylic acids is 4. The van der Waals surface area contributed by atoms with Gasteiger partial charge in [0.25, 0.3) is 5.91 Å². The maximum absolute atomic E-state index is 14.3. The molecule has 14 heteroatoms. The second-order valence-electron chi connectivity index (χ2n) is 14.4. The molecule has 3 N–H and O–H groups in total. The van der Waals surface area contributed by atoms with Crippen molar-refractivity contribution in [1.82, 2.24) is 25.2 Å². The maximum Gasteiger partial charge on any atom is 0.317 e. The van der Waals surface area contributed by atoms with Crippen LogP contribution in [0.2, 0.25) is 0 Å². The van der Waals surface area contributed by atoms with Crippen LogP contribution in [0.25, 0.3) is 11.1 Å². The Bertz CT molecular complexity index is 1860. The summed E-state index contributed by atoms with van der Waals surface area (Å²) in [4.78, 5) is 64.0. The third-order valence-corrected chi connectivity index (χ3v) is 12.3. The molecule has 0 radical (unpaired) electrons. The fourth-order valence-corrected chi connectivity index (χ4v) is 8.70. The third kappa shape index (κ3) is 6.97. The van der Waals surface area contributed by atoms with Crippen LogP contribution in [0.1, 0.15) is 68.9 Å². The van der Waals surface area contributed by atoms with Crippen molar-refractivity contribution in [1.29, 1.82) is 0 Å². The molecule has 5 atom stereocenters. The molecule has 0 bridgehead atoms. The highest BCUT2D eigenvalue weighted by atomic mass is 32.2. The molecule has 5 aliphatic rings. The molecule has 3 aliphatic carbocycles. The van der Waals surface area contributed by atoms with Crippen LogP contribution in [0.5, 0.6) is 0 Å². The average molecular weight is 717 g/mol. The van der Waals surface area contributed by atoms with Crippen LogP contribution in [0, 0.1) is 5.92 Å². The van der Waals surface area contributed by atoms with Gasteiger partial charge in [0, 0.05) is 37.6 Å². The number of hydrogen-bond acceptors (Lipinski definition) is 8. The molecule has 0 spiro atoms. The first-order valence-corrected chi connectivity index (χ1v) is 19.3. The van der Waals surface area contributed by atoms with Crippen molar-refractivity contribution in [2.24, 2.45) is 11.1 Å². The number of oxime groups is 1. The molecule has 2 aromatic carbocycles. The minimum atomic E-state index is -3.87. The molecule has 2 heterocycles. The molecule has 51 heavy (non-hydrogen) atoms. The van der Waals surface area contributed by atoms with Gasteiger partial charge in [-0.2, -0.15) is 0 Å². The summed E-state index contributed by atoms with van der Waals surface area (Å²) < 4.78 is 27.8. The summed E-state index contributed by atoms with van der Waals surface area (Å²) in [5.41, 5.74) is 3.06. The number of sulfonamides is 1. The van der Waals surface area contributed by atoms with Crippen LogP contribution in [-0.2, 0) is 29.2 Å². The number of nitrogens with one attached hydrogen (secondary N) is 3. The van der Waals surface area contributed by atoms with Crippen molar-refractivity contribution in [3.8, 4) is 11.1 Å². The number of benzene rings is 2. The van der Waals surface area contributed by atoms with E-state index in [1.807, 2.05) is 60.7 Å². The van der Waals surface area contributed by atoms with E-state index in [0.29, 0.717) is 31.4 Å². The van der Waals surface area contributed by atoms with Gasteiger partial charge in [-0.25, -0.2) is 13.2 Å². The minimum absolute atomic E-state index is 0.0178. The Morgan fingerprint density at radius 1 is 0.961 bits per heavy atom. The van der Waals surface area contributed by atoms with E-state index in [2.05, 4.69) is 20.5 Å². The van der Waals surface area contributed by atoms with Gasteiger partial charge < -0.3 is 25.3 Å². The van der Waals surface area contributed by atoms with E-state index >= 15 is 0 Å². The normalized spacial score (nSPS) is 28.0.